The maximum Gasteiger partial charge on any atom is 0.352 e. The molecule has 182 valence electrons. The fourth-order valence-corrected chi connectivity index (χ4v) is 5.29. The molecular formula is C22H21ClF3N3O4S. The molecule has 1 aromatic carbocycles. The van der Waals surface area contributed by atoms with Crippen molar-refractivity contribution >= 4 is 41.1 Å². The van der Waals surface area contributed by atoms with Gasteiger partial charge in [0.2, 0.25) is 0 Å². The fourth-order valence-electron chi connectivity index (χ4n) is 3.82. The van der Waals surface area contributed by atoms with E-state index in [4.69, 9.17) is 21.1 Å². The highest BCUT2D eigenvalue weighted by atomic mass is 35.5. The lowest BCUT2D eigenvalue weighted by Crippen LogP contribution is -2.43. The van der Waals surface area contributed by atoms with Crippen molar-refractivity contribution in [3.05, 3.63) is 52.2 Å². The van der Waals surface area contributed by atoms with Gasteiger partial charge >= 0.3 is 18.0 Å². The summed E-state index contributed by atoms with van der Waals surface area (Å²) in [5.41, 5.74) is 1.64. The Bertz CT molecular complexity index is 1090. The highest BCUT2D eigenvalue weighted by molar-refractivity contribution is 7.98. The summed E-state index contributed by atoms with van der Waals surface area (Å²) in [5.74, 6) is -2.68. The Morgan fingerprint density at radius 3 is 2.62 bits per heavy atom. The highest BCUT2D eigenvalue weighted by Gasteiger charge is 2.46. The normalized spacial score (nSPS) is 17.9. The first-order chi connectivity index (χ1) is 16.2. The monoisotopic (exact) mass is 515 g/mol. The van der Waals surface area contributed by atoms with Gasteiger partial charge in [0.15, 0.2) is 6.67 Å². The predicted molar refractivity (Wildman–Crippen MR) is 119 cm³/mol. The van der Waals surface area contributed by atoms with Gasteiger partial charge in [0, 0.05) is 28.0 Å². The molecule has 4 rings (SSSR count). The molecule has 1 fully saturated rings. The fraction of sp³-hybridized carbons (Fsp3) is 0.409. The van der Waals surface area contributed by atoms with E-state index in [-0.39, 0.29) is 31.0 Å². The van der Waals surface area contributed by atoms with Gasteiger partial charge in [0.1, 0.15) is 5.82 Å². The molecule has 1 saturated heterocycles. The SMILES string of the molecule is O=C1CCC(=O)OC2(CNCCc3c2ccc(Cl)c3SCc2cccnc2NC(F)(F)CF)O1. The molecule has 2 aliphatic heterocycles. The van der Waals surface area contributed by atoms with E-state index in [1.165, 1.54) is 18.0 Å². The number of carbonyl (C=O) groups excluding carboxylic acids is 2. The van der Waals surface area contributed by atoms with Crippen LogP contribution in [0.4, 0.5) is 19.0 Å². The Labute approximate surface area is 202 Å². The van der Waals surface area contributed by atoms with E-state index in [9.17, 15) is 22.8 Å². The van der Waals surface area contributed by atoms with E-state index in [2.05, 4.69) is 10.3 Å². The number of benzene rings is 1. The second kappa shape index (κ2) is 10.0. The lowest BCUT2D eigenvalue weighted by atomic mass is 9.98. The van der Waals surface area contributed by atoms with Crippen LogP contribution in [-0.2, 0) is 37.0 Å². The molecule has 0 unspecified atom stereocenters. The van der Waals surface area contributed by atoms with Gasteiger partial charge in [-0.05, 0) is 36.7 Å². The number of fused-ring (bicyclic) bond motifs is 2. The number of hydrogen-bond acceptors (Lipinski definition) is 8. The summed E-state index contributed by atoms with van der Waals surface area (Å²) in [6.07, 6.45) is 1.67. The van der Waals surface area contributed by atoms with Crippen molar-refractivity contribution in [3.63, 3.8) is 0 Å². The third-order valence-electron chi connectivity index (χ3n) is 5.36. The Morgan fingerprint density at radius 2 is 1.91 bits per heavy atom. The predicted octanol–water partition coefficient (Wildman–Crippen LogP) is 4.18. The molecule has 0 saturated carbocycles. The Hall–Kier alpha value is -2.50. The molecule has 12 heteroatoms. The van der Waals surface area contributed by atoms with Crippen LogP contribution in [0.15, 0.2) is 35.4 Å². The molecule has 34 heavy (non-hydrogen) atoms. The summed E-state index contributed by atoms with van der Waals surface area (Å²) in [7, 11) is 0. The molecule has 0 radical (unpaired) electrons. The van der Waals surface area contributed by atoms with Gasteiger partial charge in [-0.1, -0.05) is 17.7 Å². The van der Waals surface area contributed by atoms with Crippen LogP contribution in [0.3, 0.4) is 0 Å². The number of nitrogens with one attached hydrogen (secondary N) is 2. The van der Waals surface area contributed by atoms with Crippen LogP contribution >= 0.6 is 23.4 Å². The second-order valence-electron chi connectivity index (χ2n) is 7.79. The first kappa shape index (κ1) is 24.6. The number of carbonyl (C=O) groups is 2. The molecule has 0 amide bonds. The molecule has 2 N–H and O–H groups in total. The number of alkyl halides is 3. The summed E-state index contributed by atoms with van der Waals surface area (Å²) in [4.78, 5) is 29.0. The molecule has 3 heterocycles. The number of hydrogen-bond donors (Lipinski definition) is 2. The molecule has 7 nitrogen and oxygen atoms in total. The number of rotatable bonds is 6. The van der Waals surface area contributed by atoms with Crippen molar-refractivity contribution in [1.82, 2.24) is 10.3 Å². The molecular weight excluding hydrogens is 495 g/mol. The van der Waals surface area contributed by atoms with Gasteiger partial charge in [-0.15, -0.1) is 11.8 Å². The zero-order valence-electron chi connectivity index (χ0n) is 17.8. The molecule has 0 aliphatic carbocycles. The van der Waals surface area contributed by atoms with Gasteiger partial charge in [-0.2, -0.15) is 8.78 Å². The molecule has 0 atom stereocenters. The summed E-state index contributed by atoms with van der Waals surface area (Å²) >= 11 is 7.78. The van der Waals surface area contributed by atoms with E-state index in [1.807, 2.05) is 5.32 Å². The average molecular weight is 516 g/mol. The first-order valence-corrected chi connectivity index (χ1v) is 11.8. The number of pyridine rings is 1. The van der Waals surface area contributed by atoms with Gasteiger partial charge in [-0.25, -0.2) is 9.37 Å². The minimum Gasteiger partial charge on any atom is -0.416 e. The van der Waals surface area contributed by atoms with E-state index in [1.54, 1.807) is 24.3 Å². The molecule has 1 aromatic heterocycles. The number of nitrogens with zero attached hydrogens (tertiary/aromatic N) is 1. The maximum atomic E-state index is 13.6. The Balaban J connectivity index is 1.68. The van der Waals surface area contributed by atoms with Crippen molar-refractivity contribution in [3.8, 4) is 0 Å². The van der Waals surface area contributed by atoms with Crippen molar-refractivity contribution < 1.29 is 32.2 Å². The van der Waals surface area contributed by atoms with Crippen molar-refractivity contribution in [2.45, 2.75) is 41.7 Å². The molecule has 1 spiro atoms. The van der Waals surface area contributed by atoms with E-state index < -0.39 is 30.4 Å². The zero-order valence-corrected chi connectivity index (χ0v) is 19.4. The topological polar surface area (TPSA) is 89.6 Å². The number of esters is 2. The quantitative estimate of drug-likeness (QED) is 0.336. The molecule has 0 bridgehead atoms. The van der Waals surface area contributed by atoms with Crippen LogP contribution in [-0.4, -0.2) is 42.7 Å². The molecule has 2 aromatic rings. The number of halogens is 4. The van der Waals surface area contributed by atoms with E-state index >= 15 is 0 Å². The van der Waals surface area contributed by atoms with Crippen molar-refractivity contribution in [1.29, 1.82) is 0 Å². The Kier molecular flexibility index (Phi) is 7.25. The molecule has 2 aliphatic rings. The largest absolute Gasteiger partial charge is 0.416 e. The highest BCUT2D eigenvalue weighted by Crippen LogP contribution is 2.42. The van der Waals surface area contributed by atoms with E-state index in [0.29, 0.717) is 34.0 Å². The average Bonchev–Trinajstić information content (AvgIpc) is 3.06. The standard InChI is InChI=1S/C22H21ClF3N3O4S/c23-16-4-3-15-14(7-9-27-12-21(15)32-17(30)5-6-18(31)33-21)19(16)34-10-13-2-1-8-28-20(13)29-22(25,26)11-24/h1-4,8,27H,5-7,9-12H2,(H,28,29). The van der Waals surface area contributed by atoms with Gasteiger partial charge in [0.25, 0.3) is 5.79 Å². The van der Waals surface area contributed by atoms with E-state index in [0.717, 1.165) is 5.56 Å². The maximum absolute atomic E-state index is 13.6. The van der Waals surface area contributed by atoms with Crippen molar-refractivity contribution in [2.24, 2.45) is 0 Å². The summed E-state index contributed by atoms with van der Waals surface area (Å²) < 4.78 is 51.0. The lowest BCUT2D eigenvalue weighted by Gasteiger charge is -2.32. The third-order valence-corrected chi connectivity index (χ3v) is 6.99. The van der Waals surface area contributed by atoms with Gasteiger partial charge in [0.05, 0.1) is 24.4 Å². The van der Waals surface area contributed by atoms with Crippen LogP contribution in [0.2, 0.25) is 5.02 Å². The number of anilines is 1. The minimum atomic E-state index is -3.75. The summed E-state index contributed by atoms with van der Waals surface area (Å²) in [6.45, 7) is -1.29. The van der Waals surface area contributed by atoms with Gasteiger partial charge in [-0.3, -0.25) is 9.59 Å². The smallest absolute Gasteiger partial charge is 0.352 e. The minimum absolute atomic E-state index is 0.0780. The second-order valence-corrected chi connectivity index (χ2v) is 9.19. The number of thioether (sulfide) groups is 1. The Morgan fingerprint density at radius 1 is 1.18 bits per heavy atom. The zero-order chi connectivity index (χ0) is 24.3. The van der Waals surface area contributed by atoms with Crippen LogP contribution in [0.25, 0.3) is 0 Å². The van der Waals surface area contributed by atoms with Gasteiger partial charge < -0.3 is 20.1 Å². The van der Waals surface area contributed by atoms with Crippen LogP contribution in [0.5, 0.6) is 0 Å². The van der Waals surface area contributed by atoms with Crippen molar-refractivity contribution in [2.75, 3.05) is 25.1 Å². The summed E-state index contributed by atoms with van der Waals surface area (Å²) in [6, 6.07) is 2.72. The third kappa shape index (κ3) is 5.26. The van der Waals surface area contributed by atoms with Crippen LogP contribution in [0.1, 0.15) is 29.5 Å². The lowest BCUT2D eigenvalue weighted by molar-refractivity contribution is -0.225. The summed E-state index contributed by atoms with van der Waals surface area (Å²) in [5, 5.41) is 5.37. The number of ether oxygens (including phenoxy) is 2. The number of aromatic nitrogens is 1. The van der Waals surface area contributed by atoms with Crippen LogP contribution in [0, 0.1) is 0 Å². The first-order valence-electron chi connectivity index (χ1n) is 10.5. The van der Waals surface area contributed by atoms with Crippen LogP contribution < -0.4 is 10.6 Å².